The fourth-order valence-corrected chi connectivity index (χ4v) is 2.48. The number of aromatic nitrogens is 4. The predicted molar refractivity (Wildman–Crippen MR) is 85.8 cm³/mol. The number of hydrogen-bond donors (Lipinski definition) is 1. The zero-order valence-corrected chi connectivity index (χ0v) is 13.6. The number of tetrazole rings is 1. The molecule has 2 aromatic rings. The van der Waals surface area contributed by atoms with E-state index in [1.165, 1.54) is 0 Å². The molecule has 7 nitrogen and oxygen atoms in total. The van der Waals surface area contributed by atoms with E-state index in [-0.39, 0.29) is 5.91 Å². The van der Waals surface area contributed by atoms with Crippen LogP contribution in [0.15, 0.2) is 18.2 Å². The van der Waals surface area contributed by atoms with Gasteiger partial charge in [-0.2, -0.15) is 4.68 Å². The van der Waals surface area contributed by atoms with E-state index in [0.29, 0.717) is 29.7 Å². The lowest BCUT2D eigenvalue weighted by Gasteiger charge is -2.13. The molecule has 0 radical (unpaired) electrons. The van der Waals surface area contributed by atoms with Crippen molar-refractivity contribution >= 4 is 11.6 Å². The number of benzene rings is 1. The van der Waals surface area contributed by atoms with Crippen LogP contribution in [0.4, 0.5) is 5.69 Å². The molecule has 1 fully saturated rings. The smallest absolute Gasteiger partial charge is 0.224 e. The molecular formula is C16H21N5O2. The van der Waals surface area contributed by atoms with Gasteiger partial charge in [-0.15, -0.1) is 5.10 Å². The number of hydrogen-bond acceptors (Lipinski definition) is 5. The number of amides is 1. The van der Waals surface area contributed by atoms with Crippen molar-refractivity contribution in [2.24, 2.45) is 5.92 Å². The Kier molecular flexibility index (Phi) is 4.27. The van der Waals surface area contributed by atoms with Crippen LogP contribution >= 0.6 is 0 Å². The second-order valence-electron chi connectivity index (χ2n) is 6.26. The van der Waals surface area contributed by atoms with E-state index in [2.05, 4.69) is 20.8 Å². The third-order valence-corrected chi connectivity index (χ3v) is 3.72. The number of carbonyl (C=O) groups excluding carboxylic acids is 1. The van der Waals surface area contributed by atoms with E-state index in [9.17, 15) is 4.79 Å². The lowest BCUT2D eigenvalue weighted by Crippen LogP contribution is -2.14. The summed E-state index contributed by atoms with van der Waals surface area (Å²) in [6.45, 7) is 4.03. The van der Waals surface area contributed by atoms with Gasteiger partial charge in [0.15, 0.2) is 5.82 Å². The van der Waals surface area contributed by atoms with Crippen molar-refractivity contribution < 1.29 is 9.53 Å². The molecule has 1 N–H and O–H groups in total. The van der Waals surface area contributed by atoms with Crippen LogP contribution < -0.4 is 10.1 Å². The molecule has 1 aliphatic carbocycles. The van der Waals surface area contributed by atoms with Crippen molar-refractivity contribution in [2.45, 2.75) is 39.0 Å². The fraction of sp³-hybridized carbons (Fsp3) is 0.500. The van der Waals surface area contributed by atoms with E-state index in [4.69, 9.17) is 4.74 Å². The van der Waals surface area contributed by atoms with Crippen LogP contribution in [0.5, 0.6) is 5.75 Å². The van der Waals surface area contributed by atoms with Crippen LogP contribution in [0, 0.1) is 5.92 Å². The molecule has 122 valence electrons. The van der Waals surface area contributed by atoms with E-state index < -0.39 is 0 Å². The minimum atomic E-state index is -0.00440. The summed E-state index contributed by atoms with van der Waals surface area (Å²) < 4.78 is 7.12. The van der Waals surface area contributed by atoms with Crippen molar-refractivity contribution in [2.75, 3.05) is 12.4 Å². The number of nitrogens with zero attached hydrogens (tertiary/aromatic N) is 4. The number of nitrogens with one attached hydrogen (secondary N) is 1. The summed E-state index contributed by atoms with van der Waals surface area (Å²) in [7, 11) is 1.61. The summed E-state index contributed by atoms with van der Waals surface area (Å²) in [6.07, 6.45) is 2.70. The van der Waals surface area contributed by atoms with Gasteiger partial charge >= 0.3 is 0 Å². The molecule has 1 heterocycles. The van der Waals surface area contributed by atoms with Gasteiger partial charge in [0.1, 0.15) is 11.4 Å². The third kappa shape index (κ3) is 3.49. The quantitative estimate of drug-likeness (QED) is 0.886. The SMILES string of the molecule is COc1ccc(NC(=O)CC(C)C)cc1-n1nnnc1C1CC1. The van der Waals surface area contributed by atoms with Crippen molar-refractivity contribution in [1.29, 1.82) is 0 Å². The molecule has 0 spiro atoms. The Hall–Kier alpha value is -2.44. The number of carbonyl (C=O) groups is 1. The Bertz CT molecular complexity index is 706. The monoisotopic (exact) mass is 315 g/mol. The molecule has 1 aromatic heterocycles. The molecular weight excluding hydrogens is 294 g/mol. The molecule has 3 rings (SSSR count). The zero-order chi connectivity index (χ0) is 16.4. The van der Waals surface area contributed by atoms with Gasteiger partial charge in [-0.3, -0.25) is 4.79 Å². The first-order valence-corrected chi connectivity index (χ1v) is 7.85. The molecule has 7 heteroatoms. The van der Waals surface area contributed by atoms with Crippen LogP contribution in [0.3, 0.4) is 0 Å². The van der Waals surface area contributed by atoms with Gasteiger partial charge in [-0.25, -0.2) is 0 Å². The topological polar surface area (TPSA) is 81.9 Å². The van der Waals surface area contributed by atoms with Crippen molar-refractivity contribution in [3.8, 4) is 11.4 Å². The summed E-state index contributed by atoms with van der Waals surface area (Å²) in [5.74, 6) is 2.23. The third-order valence-electron chi connectivity index (χ3n) is 3.72. The largest absolute Gasteiger partial charge is 0.494 e. The van der Waals surface area contributed by atoms with Gasteiger partial charge in [0.2, 0.25) is 5.91 Å². The molecule has 1 saturated carbocycles. The fourth-order valence-electron chi connectivity index (χ4n) is 2.48. The average molecular weight is 315 g/mol. The lowest BCUT2D eigenvalue weighted by molar-refractivity contribution is -0.116. The maximum atomic E-state index is 12.0. The van der Waals surface area contributed by atoms with E-state index in [1.54, 1.807) is 11.8 Å². The highest BCUT2D eigenvalue weighted by Gasteiger charge is 2.30. The first-order valence-electron chi connectivity index (χ1n) is 7.85. The molecule has 0 unspecified atom stereocenters. The zero-order valence-electron chi connectivity index (χ0n) is 13.6. The minimum Gasteiger partial charge on any atom is -0.494 e. The molecule has 1 aliphatic rings. The highest BCUT2D eigenvalue weighted by Crippen LogP contribution is 2.40. The average Bonchev–Trinajstić information content (AvgIpc) is 3.23. The summed E-state index contributed by atoms with van der Waals surface area (Å²) >= 11 is 0. The van der Waals surface area contributed by atoms with E-state index in [0.717, 1.165) is 24.4 Å². The predicted octanol–water partition coefficient (Wildman–Crippen LogP) is 2.53. The lowest BCUT2D eigenvalue weighted by atomic mass is 10.1. The maximum absolute atomic E-state index is 12.0. The van der Waals surface area contributed by atoms with Gasteiger partial charge < -0.3 is 10.1 Å². The van der Waals surface area contributed by atoms with Gasteiger partial charge in [0.25, 0.3) is 0 Å². The Morgan fingerprint density at radius 1 is 1.43 bits per heavy atom. The molecule has 1 amide bonds. The number of methoxy groups -OCH3 is 1. The van der Waals surface area contributed by atoms with E-state index >= 15 is 0 Å². The normalized spacial score (nSPS) is 14.1. The standard InChI is InChI=1S/C16H21N5O2/c1-10(2)8-15(22)17-12-6-7-14(23-3)13(9-12)21-16(11-4-5-11)18-19-20-21/h6-7,9-11H,4-5,8H2,1-3H3,(H,17,22). The Balaban J connectivity index is 1.90. The van der Waals surface area contributed by atoms with Crippen LogP contribution in [0.25, 0.3) is 5.69 Å². The van der Waals surface area contributed by atoms with Crippen molar-refractivity contribution in [3.63, 3.8) is 0 Å². The molecule has 0 aliphatic heterocycles. The van der Waals surface area contributed by atoms with Gasteiger partial charge in [-0.05, 0) is 47.4 Å². The summed E-state index contributed by atoms with van der Waals surface area (Å²) in [5, 5.41) is 14.9. The maximum Gasteiger partial charge on any atom is 0.224 e. The molecule has 0 atom stereocenters. The van der Waals surface area contributed by atoms with Crippen LogP contribution in [0.1, 0.15) is 44.9 Å². The van der Waals surface area contributed by atoms with Gasteiger partial charge in [-0.1, -0.05) is 13.8 Å². The highest BCUT2D eigenvalue weighted by molar-refractivity contribution is 5.91. The summed E-state index contributed by atoms with van der Waals surface area (Å²) in [5.41, 5.74) is 1.45. The van der Waals surface area contributed by atoms with E-state index in [1.807, 2.05) is 32.0 Å². The van der Waals surface area contributed by atoms with Crippen LogP contribution in [-0.4, -0.2) is 33.2 Å². The van der Waals surface area contributed by atoms with Gasteiger partial charge in [0.05, 0.1) is 7.11 Å². The molecule has 0 bridgehead atoms. The molecule has 0 saturated heterocycles. The van der Waals surface area contributed by atoms with Crippen molar-refractivity contribution in [3.05, 3.63) is 24.0 Å². The second kappa shape index (κ2) is 6.36. The van der Waals surface area contributed by atoms with Crippen LogP contribution in [-0.2, 0) is 4.79 Å². The first kappa shape index (κ1) is 15.5. The summed E-state index contributed by atoms with van der Waals surface area (Å²) in [6, 6.07) is 5.49. The first-order chi connectivity index (χ1) is 11.1. The van der Waals surface area contributed by atoms with Gasteiger partial charge in [0, 0.05) is 18.0 Å². The molecule has 23 heavy (non-hydrogen) atoms. The summed E-state index contributed by atoms with van der Waals surface area (Å²) in [4.78, 5) is 12.0. The Labute approximate surface area is 135 Å². The minimum absolute atomic E-state index is 0.00440. The Morgan fingerprint density at radius 3 is 2.87 bits per heavy atom. The van der Waals surface area contributed by atoms with Crippen LogP contribution in [0.2, 0.25) is 0 Å². The number of ether oxygens (including phenoxy) is 1. The number of rotatable bonds is 6. The second-order valence-corrected chi connectivity index (χ2v) is 6.26. The van der Waals surface area contributed by atoms with Crippen molar-refractivity contribution in [1.82, 2.24) is 20.2 Å². The molecule has 1 aromatic carbocycles. The Morgan fingerprint density at radius 2 is 2.22 bits per heavy atom. The highest BCUT2D eigenvalue weighted by atomic mass is 16.5. The number of anilines is 1.